The Morgan fingerprint density at radius 2 is 1.60 bits per heavy atom. The quantitative estimate of drug-likeness (QED) is 0.592. The first-order chi connectivity index (χ1) is 14.0. The van der Waals surface area contributed by atoms with Crippen molar-refractivity contribution in [3.8, 4) is 5.75 Å². The molecule has 0 radical (unpaired) electrons. The summed E-state index contributed by atoms with van der Waals surface area (Å²) in [5.41, 5.74) is 1.41. The number of benzene rings is 2. The average molecular weight is 433 g/mol. The Morgan fingerprint density at radius 1 is 1.00 bits per heavy atom. The van der Waals surface area contributed by atoms with E-state index in [1.54, 1.807) is 24.3 Å². The zero-order valence-electron chi connectivity index (χ0n) is 18.3. The van der Waals surface area contributed by atoms with Crippen LogP contribution in [0.2, 0.25) is 0 Å². The highest BCUT2D eigenvalue weighted by Crippen LogP contribution is 2.28. The van der Waals surface area contributed by atoms with Gasteiger partial charge in [0.25, 0.3) is 0 Å². The minimum absolute atomic E-state index is 0.0325. The number of hydrogen-bond donors (Lipinski definition) is 2. The number of rotatable bonds is 10. The summed E-state index contributed by atoms with van der Waals surface area (Å²) in [5.74, 6) is -0.507. The molecule has 6 nitrogen and oxygen atoms in total. The summed E-state index contributed by atoms with van der Waals surface area (Å²) in [6.45, 7) is 9.93. The summed E-state index contributed by atoms with van der Waals surface area (Å²) in [4.78, 5) is 12.3. The van der Waals surface area contributed by atoms with Gasteiger partial charge in [0.15, 0.2) is 0 Å². The maximum Gasteiger partial charge on any atom is 0.241 e. The van der Waals surface area contributed by atoms with Crippen LogP contribution in [-0.4, -0.2) is 32.2 Å². The number of carbonyl (C=O) groups excluding carboxylic acids is 1. The molecule has 2 N–H and O–H groups in total. The highest BCUT2D eigenvalue weighted by atomic mass is 32.2. The lowest BCUT2D eigenvalue weighted by molar-refractivity contribution is -0.119. The number of amides is 1. The topological polar surface area (TPSA) is 84.5 Å². The van der Waals surface area contributed by atoms with Crippen LogP contribution in [0.5, 0.6) is 5.75 Å². The first-order valence-electron chi connectivity index (χ1n) is 10.1. The van der Waals surface area contributed by atoms with Crippen LogP contribution in [0.25, 0.3) is 0 Å². The summed E-state index contributed by atoms with van der Waals surface area (Å²) in [6, 6.07) is 16.5. The Balaban J connectivity index is 1.89. The number of anilines is 1. The molecule has 1 unspecified atom stereocenters. The maximum absolute atomic E-state index is 12.4. The van der Waals surface area contributed by atoms with Crippen molar-refractivity contribution in [3.05, 3.63) is 60.2 Å². The molecule has 0 aliphatic carbocycles. The molecule has 2 rings (SSSR count). The Morgan fingerprint density at radius 3 is 2.17 bits per heavy atom. The predicted octanol–water partition coefficient (Wildman–Crippen LogP) is 4.09. The average Bonchev–Trinajstić information content (AvgIpc) is 2.62. The third-order valence-electron chi connectivity index (χ3n) is 4.60. The molecule has 0 aliphatic rings. The zero-order valence-corrected chi connectivity index (χ0v) is 19.1. The second-order valence-corrected chi connectivity index (χ2v) is 10.2. The van der Waals surface area contributed by atoms with Crippen LogP contribution in [0.3, 0.4) is 0 Å². The van der Waals surface area contributed by atoms with Crippen molar-refractivity contribution in [1.82, 2.24) is 5.32 Å². The first-order valence-corrected chi connectivity index (χ1v) is 11.7. The van der Waals surface area contributed by atoms with Gasteiger partial charge in [-0.3, -0.25) is 9.52 Å². The number of nitrogens with one attached hydrogen (secondary N) is 2. The molecular weight excluding hydrogens is 400 g/mol. The Bertz CT molecular complexity index is 923. The largest absolute Gasteiger partial charge is 0.491 e. The molecule has 0 saturated carbocycles. The van der Waals surface area contributed by atoms with E-state index >= 15 is 0 Å². The van der Waals surface area contributed by atoms with Crippen molar-refractivity contribution in [3.63, 3.8) is 0 Å². The van der Waals surface area contributed by atoms with Crippen LogP contribution in [0.15, 0.2) is 54.6 Å². The summed E-state index contributed by atoms with van der Waals surface area (Å²) in [5, 5.41) is 2.80. The summed E-state index contributed by atoms with van der Waals surface area (Å²) < 4.78 is 32.7. The lowest BCUT2D eigenvalue weighted by Gasteiger charge is -2.29. The normalized spacial score (nSPS) is 13.0. The van der Waals surface area contributed by atoms with Gasteiger partial charge in [-0.2, -0.15) is 0 Å². The summed E-state index contributed by atoms with van der Waals surface area (Å²) in [6.07, 6.45) is 0.721. The predicted molar refractivity (Wildman–Crippen MR) is 121 cm³/mol. The van der Waals surface area contributed by atoms with Gasteiger partial charge in [-0.1, -0.05) is 44.2 Å². The van der Waals surface area contributed by atoms with Crippen LogP contribution in [0, 0.1) is 0 Å². The van der Waals surface area contributed by atoms with Gasteiger partial charge in [-0.05, 0) is 62.4 Å². The van der Waals surface area contributed by atoms with Gasteiger partial charge >= 0.3 is 0 Å². The molecule has 30 heavy (non-hydrogen) atoms. The Hall–Kier alpha value is -2.54. The lowest BCUT2D eigenvalue weighted by atomic mass is 9.79. The van der Waals surface area contributed by atoms with Crippen LogP contribution < -0.4 is 14.8 Å². The van der Waals surface area contributed by atoms with Crippen molar-refractivity contribution in [2.45, 2.75) is 58.6 Å². The van der Waals surface area contributed by atoms with Gasteiger partial charge in [-0.25, -0.2) is 8.42 Å². The number of ether oxygens (including phenoxy) is 1. The molecule has 164 valence electrons. The highest BCUT2D eigenvalue weighted by Gasteiger charge is 2.25. The smallest absolute Gasteiger partial charge is 0.241 e. The van der Waals surface area contributed by atoms with Gasteiger partial charge in [0.05, 0.1) is 6.10 Å². The van der Waals surface area contributed by atoms with Crippen LogP contribution in [-0.2, 0) is 20.2 Å². The van der Waals surface area contributed by atoms with Crippen molar-refractivity contribution >= 4 is 21.6 Å². The fraction of sp³-hybridized carbons (Fsp3) is 0.435. The monoisotopic (exact) mass is 432 g/mol. The van der Waals surface area contributed by atoms with Gasteiger partial charge < -0.3 is 10.1 Å². The molecule has 1 atom stereocenters. The maximum atomic E-state index is 12.4. The molecular formula is C23H32N2O4S. The third kappa shape index (κ3) is 7.71. The van der Waals surface area contributed by atoms with Crippen molar-refractivity contribution in [2.24, 2.45) is 0 Å². The van der Waals surface area contributed by atoms with E-state index in [0.717, 1.165) is 0 Å². The van der Waals surface area contributed by atoms with Crippen LogP contribution in [0.1, 0.15) is 46.6 Å². The number of carbonyl (C=O) groups is 1. The standard InChI is InChI=1S/C23H32N2O4S/c1-17(2)29-21-13-11-20(12-14-21)25-30(27,28)16-22(26)24-18(3)15-23(4,5)19-9-7-6-8-10-19/h6-14,17-18,25H,15-16H2,1-5H3,(H,24,26). The molecule has 0 spiro atoms. The van der Waals surface area contributed by atoms with Crippen molar-refractivity contribution < 1.29 is 17.9 Å². The van der Waals surface area contributed by atoms with Gasteiger partial charge in [0.1, 0.15) is 11.5 Å². The minimum Gasteiger partial charge on any atom is -0.491 e. The second kappa shape index (κ2) is 9.98. The molecule has 7 heteroatoms. The second-order valence-electron chi connectivity index (χ2n) is 8.47. The van der Waals surface area contributed by atoms with E-state index in [9.17, 15) is 13.2 Å². The first kappa shape index (κ1) is 23.7. The molecule has 1 amide bonds. The molecule has 2 aromatic rings. The molecule has 0 heterocycles. The molecule has 0 saturated heterocycles. The van der Waals surface area contributed by atoms with Gasteiger partial charge in [0, 0.05) is 11.7 Å². The Labute approximate surface area is 180 Å². The molecule has 0 fully saturated rings. The minimum atomic E-state index is -3.81. The van der Waals surface area contributed by atoms with E-state index in [4.69, 9.17) is 4.74 Å². The summed E-state index contributed by atoms with van der Waals surface area (Å²) >= 11 is 0. The van der Waals surface area contributed by atoms with E-state index in [-0.39, 0.29) is 17.6 Å². The molecule has 0 bridgehead atoms. The van der Waals surface area contributed by atoms with Gasteiger partial charge in [-0.15, -0.1) is 0 Å². The highest BCUT2D eigenvalue weighted by molar-refractivity contribution is 7.93. The van der Waals surface area contributed by atoms with Crippen LogP contribution >= 0.6 is 0 Å². The fourth-order valence-corrected chi connectivity index (χ4v) is 4.40. The Kier molecular flexibility index (Phi) is 7.89. The molecule has 0 aromatic heterocycles. The molecule has 2 aromatic carbocycles. The summed E-state index contributed by atoms with van der Waals surface area (Å²) in [7, 11) is -3.81. The van der Waals surface area contributed by atoms with Crippen molar-refractivity contribution in [1.29, 1.82) is 0 Å². The van der Waals surface area contributed by atoms with Gasteiger partial charge in [0.2, 0.25) is 15.9 Å². The van der Waals surface area contributed by atoms with E-state index in [1.807, 2.05) is 39.0 Å². The van der Waals surface area contributed by atoms with Crippen molar-refractivity contribution in [2.75, 3.05) is 10.5 Å². The van der Waals surface area contributed by atoms with E-state index in [1.165, 1.54) is 5.56 Å². The van der Waals surface area contributed by atoms with E-state index in [2.05, 4.69) is 36.0 Å². The molecule has 0 aliphatic heterocycles. The number of sulfonamides is 1. The zero-order chi connectivity index (χ0) is 22.4. The van der Waals surface area contributed by atoms with Crippen LogP contribution in [0.4, 0.5) is 5.69 Å². The van der Waals surface area contributed by atoms with E-state index < -0.39 is 21.7 Å². The van der Waals surface area contributed by atoms with E-state index in [0.29, 0.717) is 17.9 Å². The third-order valence-corrected chi connectivity index (χ3v) is 5.79. The fourth-order valence-electron chi connectivity index (χ4n) is 3.40. The lowest BCUT2D eigenvalue weighted by Crippen LogP contribution is -2.41. The number of hydrogen-bond acceptors (Lipinski definition) is 4. The SMILES string of the molecule is CC(CC(C)(C)c1ccccc1)NC(=O)CS(=O)(=O)Nc1ccc(OC(C)C)cc1.